The smallest absolute Gasteiger partial charge is 0.227 e. The number of anilines is 1. The zero-order chi connectivity index (χ0) is 17.4. The van der Waals surface area contributed by atoms with Crippen molar-refractivity contribution in [2.45, 2.75) is 13.0 Å². The Morgan fingerprint density at radius 3 is 3.08 bits per heavy atom. The Hall–Kier alpha value is -3.09. The second-order valence-electron chi connectivity index (χ2n) is 6.24. The summed E-state index contributed by atoms with van der Waals surface area (Å²) in [6.45, 7) is 0.791. The summed E-state index contributed by atoms with van der Waals surface area (Å²) in [7, 11) is 1.80. The van der Waals surface area contributed by atoms with Crippen molar-refractivity contribution < 1.29 is 14.0 Å². The van der Waals surface area contributed by atoms with Gasteiger partial charge in [-0.15, -0.1) is 0 Å². The van der Waals surface area contributed by atoms with Crippen LogP contribution in [0, 0.1) is 5.92 Å². The molecule has 1 atom stereocenters. The predicted octanol–water partition coefficient (Wildman–Crippen LogP) is 1.84. The minimum atomic E-state index is -0.351. The predicted molar refractivity (Wildman–Crippen MR) is 91.7 cm³/mol. The highest BCUT2D eigenvalue weighted by atomic mass is 16.3. The van der Waals surface area contributed by atoms with Crippen LogP contribution in [0.5, 0.6) is 0 Å². The molecule has 1 saturated heterocycles. The maximum Gasteiger partial charge on any atom is 0.227 e. The largest absolute Gasteiger partial charge is 0.464 e. The Kier molecular flexibility index (Phi) is 3.76. The topological polar surface area (TPSA) is 80.4 Å². The summed E-state index contributed by atoms with van der Waals surface area (Å²) in [5.74, 6) is -0.512. The van der Waals surface area contributed by atoms with E-state index in [4.69, 9.17) is 4.42 Å². The van der Waals surface area contributed by atoms with E-state index < -0.39 is 0 Å². The van der Waals surface area contributed by atoms with Gasteiger partial charge in [-0.2, -0.15) is 5.10 Å². The normalized spacial score (nSPS) is 17.4. The summed E-state index contributed by atoms with van der Waals surface area (Å²) < 4.78 is 7.01. The first-order chi connectivity index (χ1) is 12.1. The lowest BCUT2D eigenvalue weighted by atomic mass is 10.1. The fourth-order valence-corrected chi connectivity index (χ4v) is 3.22. The molecule has 1 N–H and O–H groups in total. The number of carbonyl (C=O) groups excluding carboxylic acids is 2. The van der Waals surface area contributed by atoms with Crippen LogP contribution in [0.3, 0.4) is 0 Å². The van der Waals surface area contributed by atoms with E-state index in [9.17, 15) is 9.59 Å². The molecular weight excluding hydrogens is 320 g/mol. The monoisotopic (exact) mass is 338 g/mol. The van der Waals surface area contributed by atoms with E-state index in [0.717, 1.165) is 22.2 Å². The maximum atomic E-state index is 12.5. The third kappa shape index (κ3) is 2.88. The van der Waals surface area contributed by atoms with Crippen molar-refractivity contribution in [1.82, 2.24) is 15.1 Å². The number of aryl methyl sites for hydroxylation is 1. The first-order valence-electron chi connectivity index (χ1n) is 8.13. The van der Waals surface area contributed by atoms with Crippen LogP contribution < -0.4 is 10.2 Å². The van der Waals surface area contributed by atoms with Crippen LogP contribution in [0.1, 0.15) is 12.0 Å². The molecule has 7 nitrogen and oxygen atoms in total. The van der Waals surface area contributed by atoms with Gasteiger partial charge in [-0.3, -0.25) is 14.3 Å². The molecule has 0 bridgehead atoms. The van der Waals surface area contributed by atoms with E-state index in [1.165, 1.54) is 0 Å². The van der Waals surface area contributed by atoms with Crippen LogP contribution in [0.25, 0.3) is 11.0 Å². The summed E-state index contributed by atoms with van der Waals surface area (Å²) in [5.41, 5.74) is 2.52. The summed E-state index contributed by atoms with van der Waals surface area (Å²) in [5, 5.41) is 8.01. The Balaban J connectivity index is 1.42. The molecule has 3 heterocycles. The number of hydrogen-bond acceptors (Lipinski definition) is 4. The zero-order valence-corrected chi connectivity index (χ0v) is 13.8. The molecular formula is C18H18N4O3. The average Bonchev–Trinajstić information content (AvgIpc) is 3.31. The van der Waals surface area contributed by atoms with Gasteiger partial charge >= 0.3 is 0 Å². The van der Waals surface area contributed by atoms with Gasteiger partial charge in [0.1, 0.15) is 5.58 Å². The van der Waals surface area contributed by atoms with Crippen molar-refractivity contribution >= 4 is 28.5 Å². The second kappa shape index (κ2) is 6.08. The van der Waals surface area contributed by atoms with Crippen LogP contribution in [0.2, 0.25) is 0 Å². The van der Waals surface area contributed by atoms with Gasteiger partial charge in [0.2, 0.25) is 11.8 Å². The second-order valence-corrected chi connectivity index (χ2v) is 6.24. The summed E-state index contributed by atoms with van der Waals surface area (Å²) in [4.78, 5) is 26.3. The van der Waals surface area contributed by atoms with E-state index in [1.807, 2.05) is 24.3 Å². The number of amides is 2. The molecule has 4 rings (SSSR count). The molecule has 1 aliphatic rings. The van der Waals surface area contributed by atoms with Crippen LogP contribution in [-0.2, 0) is 23.2 Å². The van der Waals surface area contributed by atoms with Crippen LogP contribution in [0.15, 0.2) is 47.3 Å². The Morgan fingerprint density at radius 1 is 1.40 bits per heavy atom. The number of fused-ring (bicyclic) bond motifs is 1. The standard InChI is InChI=1S/C18H18N4O3/c1-21-11-14(9-20-21)22-10-13(7-17(22)23)18(24)19-8-12-3-2-4-16-15(12)5-6-25-16/h2-6,9,11,13H,7-8,10H2,1H3,(H,19,24). The molecule has 7 heteroatoms. The molecule has 1 unspecified atom stereocenters. The van der Waals surface area contributed by atoms with Crippen molar-refractivity contribution in [2.24, 2.45) is 13.0 Å². The Morgan fingerprint density at radius 2 is 2.28 bits per heavy atom. The number of aromatic nitrogens is 2. The molecule has 0 aliphatic carbocycles. The molecule has 0 saturated carbocycles. The number of nitrogens with one attached hydrogen (secondary N) is 1. The summed E-state index contributed by atoms with van der Waals surface area (Å²) in [6, 6.07) is 7.64. The van der Waals surface area contributed by atoms with E-state index in [1.54, 1.807) is 35.3 Å². The van der Waals surface area contributed by atoms with Crippen molar-refractivity contribution in [1.29, 1.82) is 0 Å². The minimum absolute atomic E-state index is 0.0508. The third-order valence-electron chi connectivity index (χ3n) is 4.54. The first kappa shape index (κ1) is 15.4. The number of hydrogen-bond donors (Lipinski definition) is 1. The fraction of sp³-hybridized carbons (Fsp3) is 0.278. The quantitative estimate of drug-likeness (QED) is 0.787. The summed E-state index contributed by atoms with van der Waals surface area (Å²) >= 11 is 0. The van der Waals surface area contributed by atoms with E-state index in [2.05, 4.69) is 10.4 Å². The number of nitrogens with zero attached hydrogens (tertiary/aromatic N) is 3. The summed E-state index contributed by atoms with van der Waals surface area (Å²) in [6.07, 6.45) is 5.27. The van der Waals surface area contributed by atoms with Gasteiger partial charge in [0, 0.05) is 38.1 Å². The lowest BCUT2D eigenvalue weighted by Gasteiger charge is -2.14. The van der Waals surface area contributed by atoms with Crippen molar-refractivity contribution in [2.75, 3.05) is 11.4 Å². The van der Waals surface area contributed by atoms with Gasteiger partial charge < -0.3 is 14.6 Å². The van der Waals surface area contributed by atoms with Crippen LogP contribution in [0.4, 0.5) is 5.69 Å². The number of benzene rings is 1. The van der Waals surface area contributed by atoms with Crippen LogP contribution in [-0.4, -0.2) is 28.1 Å². The number of furan rings is 1. The third-order valence-corrected chi connectivity index (χ3v) is 4.54. The van der Waals surface area contributed by atoms with Gasteiger partial charge in [0.25, 0.3) is 0 Å². The molecule has 0 spiro atoms. The fourth-order valence-electron chi connectivity index (χ4n) is 3.22. The molecule has 1 aromatic carbocycles. The van der Waals surface area contributed by atoms with Gasteiger partial charge in [0.15, 0.2) is 0 Å². The van der Waals surface area contributed by atoms with E-state index >= 15 is 0 Å². The Bertz CT molecular complexity index is 943. The molecule has 25 heavy (non-hydrogen) atoms. The molecule has 2 amide bonds. The molecule has 0 radical (unpaired) electrons. The SMILES string of the molecule is Cn1cc(N2CC(C(=O)NCc3cccc4occc34)CC2=O)cn1. The maximum absolute atomic E-state index is 12.5. The van der Waals surface area contributed by atoms with Crippen molar-refractivity contribution in [3.63, 3.8) is 0 Å². The molecule has 3 aromatic rings. The Labute approximate surface area is 144 Å². The van der Waals surface area contributed by atoms with E-state index in [-0.39, 0.29) is 24.2 Å². The molecule has 1 fully saturated rings. The van der Waals surface area contributed by atoms with E-state index in [0.29, 0.717) is 13.1 Å². The average molecular weight is 338 g/mol. The minimum Gasteiger partial charge on any atom is -0.464 e. The lowest BCUT2D eigenvalue weighted by molar-refractivity contribution is -0.126. The highest BCUT2D eigenvalue weighted by Gasteiger charge is 2.35. The van der Waals surface area contributed by atoms with Crippen LogP contribution >= 0.6 is 0 Å². The van der Waals surface area contributed by atoms with Crippen molar-refractivity contribution in [3.05, 3.63) is 48.5 Å². The van der Waals surface area contributed by atoms with Gasteiger partial charge in [-0.1, -0.05) is 12.1 Å². The first-order valence-corrected chi connectivity index (χ1v) is 8.13. The lowest BCUT2D eigenvalue weighted by Crippen LogP contribution is -2.32. The van der Waals surface area contributed by atoms with Crippen molar-refractivity contribution in [3.8, 4) is 0 Å². The molecule has 1 aliphatic heterocycles. The molecule has 2 aromatic heterocycles. The molecule has 128 valence electrons. The van der Waals surface area contributed by atoms with Gasteiger partial charge in [-0.25, -0.2) is 0 Å². The zero-order valence-electron chi connectivity index (χ0n) is 13.8. The van der Waals surface area contributed by atoms with Gasteiger partial charge in [-0.05, 0) is 17.7 Å². The van der Waals surface area contributed by atoms with Gasteiger partial charge in [0.05, 0.1) is 24.1 Å². The number of rotatable bonds is 4. The number of carbonyl (C=O) groups is 2. The highest BCUT2D eigenvalue weighted by molar-refractivity contribution is 6.00. The highest BCUT2D eigenvalue weighted by Crippen LogP contribution is 2.25.